The molecular formula is C10H18N2O3. The Morgan fingerprint density at radius 2 is 2.40 bits per heavy atom. The molecule has 1 aliphatic rings. The number of carbonyl (C=O) groups is 2. The van der Waals surface area contributed by atoms with Crippen LogP contribution in [-0.2, 0) is 14.3 Å². The largest absolute Gasteiger partial charge is 0.469 e. The lowest BCUT2D eigenvalue weighted by Crippen LogP contribution is -2.55. The van der Waals surface area contributed by atoms with Crippen molar-refractivity contribution in [3.8, 4) is 0 Å². The molecule has 1 saturated heterocycles. The van der Waals surface area contributed by atoms with Crippen LogP contribution in [-0.4, -0.2) is 49.6 Å². The van der Waals surface area contributed by atoms with Gasteiger partial charge in [0.2, 0.25) is 5.91 Å². The van der Waals surface area contributed by atoms with Crippen LogP contribution in [0.4, 0.5) is 0 Å². The summed E-state index contributed by atoms with van der Waals surface area (Å²) < 4.78 is 4.57. The highest BCUT2D eigenvalue weighted by Crippen LogP contribution is 2.08. The first-order chi connectivity index (χ1) is 7.19. The van der Waals surface area contributed by atoms with Gasteiger partial charge in [-0.3, -0.25) is 14.5 Å². The van der Waals surface area contributed by atoms with E-state index >= 15 is 0 Å². The van der Waals surface area contributed by atoms with Gasteiger partial charge in [-0.2, -0.15) is 0 Å². The minimum atomic E-state index is -0.226. The number of hydrogen-bond acceptors (Lipinski definition) is 4. The molecule has 5 heteroatoms. The fourth-order valence-corrected chi connectivity index (χ4v) is 1.81. The van der Waals surface area contributed by atoms with Crippen LogP contribution in [0.25, 0.3) is 0 Å². The predicted molar refractivity (Wildman–Crippen MR) is 55.3 cm³/mol. The Balaban J connectivity index is 2.44. The predicted octanol–water partition coefficient (Wildman–Crippen LogP) is -0.240. The molecule has 1 rings (SSSR count). The van der Waals surface area contributed by atoms with Gasteiger partial charge in [0.25, 0.3) is 0 Å². The van der Waals surface area contributed by atoms with Gasteiger partial charge in [-0.25, -0.2) is 0 Å². The zero-order valence-corrected chi connectivity index (χ0v) is 9.28. The van der Waals surface area contributed by atoms with Gasteiger partial charge in [-0.15, -0.1) is 0 Å². The van der Waals surface area contributed by atoms with E-state index in [1.54, 1.807) is 0 Å². The highest BCUT2D eigenvalue weighted by atomic mass is 16.5. The lowest BCUT2D eigenvalue weighted by Gasteiger charge is -2.34. The summed E-state index contributed by atoms with van der Waals surface area (Å²) in [4.78, 5) is 24.5. The van der Waals surface area contributed by atoms with Gasteiger partial charge in [0.1, 0.15) is 0 Å². The number of esters is 1. The summed E-state index contributed by atoms with van der Waals surface area (Å²) in [5.74, 6) is -0.163. The number of nitrogens with zero attached hydrogens (tertiary/aromatic N) is 1. The molecule has 1 fully saturated rings. The van der Waals surface area contributed by atoms with Crippen molar-refractivity contribution in [3.05, 3.63) is 0 Å². The smallest absolute Gasteiger partial charge is 0.306 e. The molecule has 15 heavy (non-hydrogen) atoms. The van der Waals surface area contributed by atoms with Crippen molar-refractivity contribution in [3.63, 3.8) is 0 Å². The van der Waals surface area contributed by atoms with E-state index in [0.717, 1.165) is 13.0 Å². The van der Waals surface area contributed by atoms with Crippen LogP contribution in [0, 0.1) is 0 Å². The van der Waals surface area contributed by atoms with E-state index < -0.39 is 0 Å². The average molecular weight is 214 g/mol. The second kappa shape index (κ2) is 5.70. The van der Waals surface area contributed by atoms with Crippen molar-refractivity contribution in [2.45, 2.75) is 25.8 Å². The van der Waals surface area contributed by atoms with E-state index in [9.17, 15) is 9.59 Å². The molecule has 0 aliphatic carbocycles. The second-order valence-corrected chi connectivity index (χ2v) is 3.58. The van der Waals surface area contributed by atoms with Gasteiger partial charge in [0, 0.05) is 19.6 Å². The van der Waals surface area contributed by atoms with Gasteiger partial charge in [-0.05, 0) is 6.42 Å². The van der Waals surface area contributed by atoms with Crippen molar-refractivity contribution in [2.75, 3.05) is 26.7 Å². The third-order valence-electron chi connectivity index (χ3n) is 2.66. The van der Waals surface area contributed by atoms with Crippen LogP contribution in [0.2, 0.25) is 0 Å². The summed E-state index contributed by atoms with van der Waals surface area (Å²) in [5.41, 5.74) is 0. The number of piperazine rings is 1. The van der Waals surface area contributed by atoms with Crippen molar-refractivity contribution < 1.29 is 14.3 Å². The van der Waals surface area contributed by atoms with E-state index in [-0.39, 0.29) is 17.9 Å². The quantitative estimate of drug-likeness (QED) is 0.656. The first-order valence-electron chi connectivity index (χ1n) is 5.27. The van der Waals surface area contributed by atoms with Gasteiger partial charge in [-0.1, -0.05) is 6.92 Å². The lowest BCUT2D eigenvalue weighted by molar-refractivity contribution is -0.142. The molecule has 0 radical (unpaired) electrons. The summed E-state index contributed by atoms with van der Waals surface area (Å²) in [6.45, 7) is 4.04. The van der Waals surface area contributed by atoms with Crippen LogP contribution in [0.1, 0.15) is 19.8 Å². The number of carbonyl (C=O) groups excluding carboxylic acids is 2. The fraction of sp³-hybridized carbons (Fsp3) is 0.800. The van der Waals surface area contributed by atoms with Gasteiger partial charge >= 0.3 is 5.97 Å². The molecule has 0 aromatic rings. The number of nitrogens with one attached hydrogen (secondary N) is 1. The van der Waals surface area contributed by atoms with E-state index in [0.29, 0.717) is 19.5 Å². The Bertz CT molecular complexity index is 243. The third-order valence-corrected chi connectivity index (χ3v) is 2.66. The summed E-state index contributed by atoms with van der Waals surface area (Å²) >= 11 is 0. The third kappa shape index (κ3) is 3.20. The second-order valence-electron chi connectivity index (χ2n) is 3.58. The lowest BCUT2D eigenvalue weighted by atomic mass is 10.1. The Morgan fingerprint density at radius 3 is 3.00 bits per heavy atom. The summed E-state index contributed by atoms with van der Waals surface area (Å²) in [6.07, 6.45) is 1.12. The van der Waals surface area contributed by atoms with Crippen LogP contribution in [0.5, 0.6) is 0 Å². The number of ether oxygens (including phenoxy) is 1. The summed E-state index contributed by atoms with van der Waals surface area (Å²) in [5, 5.41) is 2.82. The first-order valence-corrected chi connectivity index (χ1v) is 5.27. The molecule has 0 spiro atoms. The first kappa shape index (κ1) is 12.0. The monoisotopic (exact) mass is 214 g/mol. The molecule has 1 aliphatic heterocycles. The summed E-state index contributed by atoms with van der Waals surface area (Å²) in [7, 11) is 1.38. The molecule has 1 atom stereocenters. The molecule has 0 aromatic carbocycles. The van der Waals surface area contributed by atoms with Crippen molar-refractivity contribution in [2.24, 2.45) is 0 Å². The highest BCUT2D eigenvalue weighted by Gasteiger charge is 2.27. The highest BCUT2D eigenvalue weighted by molar-refractivity contribution is 5.82. The molecule has 86 valence electrons. The molecule has 0 bridgehead atoms. The number of rotatable bonds is 4. The molecule has 1 N–H and O–H groups in total. The number of methoxy groups -OCH3 is 1. The van der Waals surface area contributed by atoms with E-state index in [1.807, 2.05) is 11.8 Å². The van der Waals surface area contributed by atoms with Gasteiger partial charge in [0.05, 0.1) is 19.6 Å². The molecule has 1 heterocycles. The van der Waals surface area contributed by atoms with Gasteiger partial charge in [0.15, 0.2) is 0 Å². The Morgan fingerprint density at radius 1 is 1.67 bits per heavy atom. The maximum atomic E-state index is 11.5. The molecular weight excluding hydrogens is 196 g/mol. The number of amides is 1. The molecule has 1 amide bonds. The van der Waals surface area contributed by atoms with Crippen LogP contribution >= 0.6 is 0 Å². The normalized spacial score (nSPS) is 22.3. The summed E-state index contributed by atoms with van der Waals surface area (Å²) in [6, 6.07) is -0.0941. The molecule has 1 unspecified atom stereocenters. The standard InChI is InChI=1S/C10H18N2O3/c1-3-8-10(14)11-5-7-12(8)6-4-9(13)15-2/h8H,3-7H2,1-2H3,(H,11,14). The fourth-order valence-electron chi connectivity index (χ4n) is 1.81. The zero-order chi connectivity index (χ0) is 11.3. The minimum Gasteiger partial charge on any atom is -0.469 e. The Labute approximate surface area is 89.8 Å². The Kier molecular flexibility index (Phi) is 4.55. The average Bonchev–Trinajstić information content (AvgIpc) is 2.25. The number of hydrogen-bond donors (Lipinski definition) is 1. The molecule has 5 nitrogen and oxygen atoms in total. The Hall–Kier alpha value is -1.10. The maximum Gasteiger partial charge on any atom is 0.306 e. The molecule has 0 saturated carbocycles. The minimum absolute atomic E-state index is 0.0635. The van der Waals surface area contributed by atoms with Crippen LogP contribution in [0.15, 0.2) is 0 Å². The van der Waals surface area contributed by atoms with E-state index in [4.69, 9.17) is 0 Å². The molecule has 0 aromatic heterocycles. The van der Waals surface area contributed by atoms with Crippen molar-refractivity contribution in [1.82, 2.24) is 10.2 Å². The van der Waals surface area contributed by atoms with Crippen molar-refractivity contribution in [1.29, 1.82) is 0 Å². The van der Waals surface area contributed by atoms with Crippen LogP contribution in [0.3, 0.4) is 0 Å². The SMILES string of the molecule is CCC1C(=O)NCCN1CCC(=O)OC. The van der Waals surface area contributed by atoms with E-state index in [1.165, 1.54) is 7.11 Å². The van der Waals surface area contributed by atoms with Crippen molar-refractivity contribution >= 4 is 11.9 Å². The topological polar surface area (TPSA) is 58.6 Å². The maximum absolute atomic E-state index is 11.5. The van der Waals surface area contributed by atoms with Crippen LogP contribution < -0.4 is 5.32 Å². The van der Waals surface area contributed by atoms with Gasteiger partial charge < -0.3 is 10.1 Å². The van der Waals surface area contributed by atoms with E-state index in [2.05, 4.69) is 10.1 Å². The zero-order valence-electron chi connectivity index (χ0n) is 9.28.